The molecule has 2 fully saturated rings. The molecule has 1 saturated carbocycles. The van der Waals surface area contributed by atoms with Crippen LogP contribution in [-0.4, -0.2) is 54.3 Å². The lowest BCUT2D eigenvalue weighted by Gasteiger charge is -2.44. The first-order valence-corrected chi connectivity index (χ1v) is 9.02. The SMILES string of the molecule is C[C@@H]1CN(C(=O)[C@@]2(C)CCCC[C@@H]2NC(=O)OC(C)(C)C)CCO1. The lowest BCUT2D eigenvalue weighted by atomic mass is 9.70. The summed E-state index contributed by atoms with van der Waals surface area (Å²) in [4.78, 5) is 27.3. The van der Waals surface area contributed by atoms with Gasteiger partial charge in [-0.2, -0.15) is 0 Å². The molecule has 0 bridgehead atoms. The van der Waals surface area contributed by atoms with Gasteiger partial charge in [-0.3, -0.25) is 4.79 Å². The number of carbonyl (C=O) groups excluding carboxylic acids is 2. The minimum atomic E-state index is -0.577. The van der Waals surface area contributed by atoms with E-state index < -0.39 is 17.1 Å². The highest BCUT2D eigenvalue weighted by Crippen LogP contribution is 2.38. The molecular weight excluding hydrogens is 308 g/mol. The number of hydrogen-bond acceptors (Lipinski definition) is 4. The molecule has 0 aromatic carbocycles. The van der Waals surface area contributed by atoms with Gasteiger partial charge in [0, 0.05) is 19.1 Å². The minimum absolute atomic E-state index is 0.0622. The minimum Gasteiger partial charge on any atom is -0.444 e. The van der Waals surface area contributed by atoms with E-state index in [9.17, 15) is 9.59 Å². The van der Waals surface area contributed by atoms with Crippen molar-refractivity contribution in [1.82, 2.24) is 10.2 Å². The highest BCUT2D eigenvalue weighted by atomic mass is 16.6. The first kappa shape index (κ1) is 19.0. The molecule has 0 spiro atoms. The zero-order valence-electron chi connectivity index (χ0n) is 15.7. The summed E-state index contributed by atoms with van der Waals surface area (Å²) in [6, 6.07) is -0.188. The van der Waals surface area contributed by atoms with Gasteiger partial charge in [0.15, 0.2) is 0 Å². The van der Waals surface area contributed by atoms with Crippen molar-refractivity contribution in [3.63, 3.8) is 0 Å². The molecular formula is C18H32N2O4. The fraction of sp³-hybridized carbons (Fsp3) is 0.889. The van der Waals surface area contributed by atoms with E-state index in [4.69, 9.17) is 9.47 Å². The van der Waals surface area contributed by atoms with Gasteiger partial charge in [-0.05, 0) is 47.5 Å². The number of nitrogens with zero attached hydrogens (tertiary/aromatic N) is 1. The van der Waals surface area contributed by atoms with E-state index in [0.29, 0.717) is 19.7 Å². The van der Waals surface area contributed by atoms with Crippen molar-refractivity contribution < 1.29 is 19.1 Å². The molecule has 24 heavy (non-hydrogen) atoms. The molecule has 1 N–H and O–H groups in total. The lowest BCUT2D eigenvalue weighted by molar-refractivity contribution is -0.151. The summed E-state index contributed by atoms with van der Waals surface area (Å²) in [7, 11) is 0. The van der Waals surface area contributed by atoms with Gasteiger partial charge in [-0.25, -0.2) is 4.79 Å². The second-order valence-corrected chi connectivity index (χ2v) is 8.29. The largest absolute Gasteiger partial charge is 0.444 e. The van der Waals surface area contributed by atoms with Crippen LogP contribution in [-0.2, 0) is 14.3 Å². The van der Waals surface area contributed by atoms with E-state index in [1.54, 1.807) is 0 Å². The maximum Gasteiger partial charge on any atom is 0.407 e. The molecule has 0 aromatic heterocycles. The van der Waals surface area contributed by atoms with Crippen LogP contribution < -0.4 is 5.32 Å². The molecule has 1 saturated heterocycles. The summed E-state index contributed by atoms with van der Waals surface area (Å²) in [5, 5.41) is 2.96. The van der Waals surface area contributed by atoms with Crippen LogP contribution in [0.4, 0.5) is 4.79 Å². The third-order valence-electron chi connectivity index (χ3n) is 4.92. The molecule has 3 atom stereocenters. The number of alkyl carbamates (subject to hydrolysis) is 1. The van der Waals surface area contributed by atoms with Crippen LogP contribution >= 0.6 is 0 Å². The van der Waals surface area contributed by atoms with Crippen LogP contribution in [0.2, 0.25) is 0 Å². The monoisotopic (exact) mass is 340 g/mol. The van der Waals surface area contributed by atoms with Crippen molar-refractivity contribution in [3.05, 3.63) is 0 Å². The quantitative estimate of drug-likeness (QED) is 0.839. The average molecular weight is 340 g/mol. The Morgan fingerprint density at radius 2 is 2.00 bits per heavy atom. The summed E-state index contributed by atoms with van der Waals surface area (Å²) < 4.78 is 10.9. The van der Waals surface area contributed by atoms with Crippen molar-refractivity contribution >= 4 is 12.0 Å². The molecule has 6 heteroatoms. The van der Waals surface area contributed by atoms with Gasteiger partial charge in [-0.15, -0.1) is 0 Å². The molecule has 6 nitrogen and oxygen atoms in total. The zero-order valence-corrected chi connectivity index (χ0v) is 15.7. The molecule has 2 aliphatic rings. The summed E-state index contributed by atoms with van der Waals surface area (Å²) in [5.41, 5.74) is -1.12. The molecule has 2 amide bonds. The van der Waals surface area contributed by atoms with E-state index in [1.165, 1.54) is 0 Å². The van der Waals surface area contributed by atoms with Crippen molar-refractivity contribution in [2.24, 2.45) is 5.41 Å². The fourth-order valence-corrected chi connectivity index (χ4v) is 3.63. The van der Waals surface area contributed by atoms with Crippen LogP contribution in [0.3, 0.4) is 0 Å². The topological polar surface area (TPSA) is 67.9 Å². The molecule has 1 aliphatic heterocycles. The maximum absolute atomic E-state index is 13.2. The predicted octanol–water partition coefficient (Wildman–Crippen LogP) is 2.71. The average Bonchev–Trinajstić information content (AvgIpc) is 2.47. The first-order valence-electron chi connectivity index (χ1n) is 9.02. The zero-order chi connectivity index (χ0) is 18.0. The Morgan fingerprint density at radius 3 is 2.62 bits per heavy atom. The number of carbonyl (C=O) groups is 2. The van der Waals surface area contributed by atoms with Crippen LogP contribution in [0, 0.1) is 5.41 Å². The van der Waals surface area contributed by atoms with Gasteiger partial charge < -0.3 is 19.7 Å². The van der Waals surface area contributed by atoms with Crippen LogP contribution in [0.1, 0.15) is 60.3 Å². The Hall–Kier alpha value is -1.30. The van der Waals surface area contributed by atoms with Crippen LogP contribution in [0.25, 0.3) is 0 Å². The van der Waals surface area contributed by atoms with Crippen molar-refractivity contribution in [2.75, 3.05) is 19.7 Å². The summed E-state index contributed by atoms with van der Waals surface area (Å²) in [6.07, 6.45) is 3.24. The second kappa shape index (κ2) is 7.30. The van der Waals surface area contributed by atoms with Crippen molar-refractivity contribution in [2.45, 2.75) is 78.0 Å². The van der Waals surface area contributed by atoms with E-state index in [-0.39, 0.29) is 18.1 Å². The number of nitrogens with one attached hydrogen (secondary N) is 1. The highest BCUT2D eigenvalue weighted by molar-refractivity contribution is 5.84. The number of morpholine rings is 1. The predicted molar refractivity (Wildman–Crippen MR) is 91.7 cm³/mol. The van der Waals surface area contributed by atoms with Crippen molar-refractivity contribution in [1.29, 1.82) is 0 Å². The van der Waals surface area contributed by atoms with E-state index >= 15 is 0 Å². The van der Waals surface area contributed by atoms with Gasteiger partial charge in [0.05, 0.1) is 18.1 Å². The molecule has 0 unspecified atom stereocenters. The molecule has 1 heterocycles. The summed E-state index contributed by atoms with van der Waals surface area (Å²) in [5.74, 6) is 0.124. The molecule has 1 aliphatic carbocycles. The van der Waals surface area contributed by atoms with E-state index in [2.05, 4.69) is 5.32 Å². The normalized spacial score (nSPS) is 31.5. The smallest absolute Gasteiger partial charge is 0.407 e. The Morgan fingerprint density at radius 1 is 1.29 bits per heavy atom. The Bertz CT molecular complexity index is 474. The highest BCUT2D eigenvalue weighted by Gasteiger charge is 2.46. The third kappa shape index (κ3) is 4.62. The first-order chi connectivity index (χ1) is 11.1. The molecule has 2 rings (SSSR count). The van der Waals surface area contributed by atoms with Crippen LogP contribution in [0.15, 0.2) is 0 Å². The fourth-order valence-electron chi connectivity index (χ4n) is 3.63. The molecule has 0 radical (unpaired) electrons. The lowest BCUT2D eigenvalue weighted by Crippen LogP contribution is -2.59. The van der Waals surface area contributed by atoms with Gasteiger partial charge >= 0.3 is 6.09 Å². The number of ether oxygens (including phenoxy) is 2. The Balaban J connectivity index is 2.08. The molecule has 0 aromatic rings. The van der Waals surface area contributed by atoms with Gasteiger partial charge in [0.25, 0.3) is 0 Å². The Labute approximate surface area is 145 Å². The van der Waals surface area contributed by atoms with E-state index in [1.807, 2.05) is 39.5 Å². The van der Waals surface area contributed by atoms with Gasteiger partial charge in [-0.1, -0.05) is 12.8 Å². The standard InChI is InChI=1S/C18H32N2O4/c1-13-12-20(10-11-23-13)15(21)18(5)9-7-6-8-14(18)19-16(22)24-17(2,3)4/h13-14H,6-12H2,1-5H3,(H,19,22)/t13-,14+,18+/m1/s1. The Kier molecular flexibility index (Phi) is 5.78. The van der Waals surface area contributed by atoms with Gasteiger partial charge in [0.2, 0.25) is 5.91 Å². The second-order valence-electron chi connectivity index (χ2n) is 8.29. The number of rotatable bonds is 2. The van der Waals surface area contributed by atoms with Crippen LogP contribution in [0.5, 0.6) is 0 Å². The van der Waals surface area contributed by atoms with E-state index in [0.717, 1.165) is 25.7 Å². The third-order valence-corrected chi connectivity index (χ3v) is 4.92. The van der Waals surface area contributed by atoms with Gasteiger partial charge in [0.1, 0.15) is 5.60 Å². The number of hydrogen-bond donors (Lipinski definition) is 1. The maximum atomic E-state index is 13.2. The number of amides is 2. The summed E-state index contributed by atoms with van der Waals surface area (Å²) in [6.45, 7) is 11.3. The summed E-state index contributed by atoms with van der Waals surface area (Å²) >= 11 is 0. The van der Waals surface area contributed by atoms with Crippen molar-refractivity contribution in [3.8, 4) is 0 Å². The molecule has 138 valence electrons.